The number of ether oxygens (including phenoxy) is 1. The predicted molar refractivity (Wildman–Crippen MR) is 53.9 cm³/mol. The van der Waals surface area contributed by atoms with Crippen LogP contribution in [0.2, 0.25) is 0 Å². The Morgan fingerprint density at radius 3 is 3.36 bits per heavy atom. The average molecular weight is 195 g/mol. The monoisotopic (exact) mass is 195 g/mol. The summed E-state index contributed by atoms with van der Waals surface area (Å²) in [5.41, 5.74) is 0. The number of nitrogens with one attached hydrogen (secondary N) is 2. The van der Waals surface area contributed by atoms with Crippen LogP contribution >= 0.6 is 0 Å². The zero-order valence-corrected chi connectivity index (χ0v) is 8.33. The van der Waals surface area contributed by atoms with Crippen LogP contribution in [-0.2, 0) is 11.3 Å². The minimum Gasteiger partial charge on any atom is -0.378 e. The molecular weight excluding hydrogens is 178 g/mol. The molecule has 0 radical (unpaired) electrons. The highest BCUT2D eigenvalue weighted by molar-refractivity contribution is 4.85. The summed E-state index contributed by atoms with van der Waals surface area (Å²) < 4.78 is 5.53. The van der Waals surface area contributed by atoms with E-state index in [1.807, 2.05) is 6.20 Å². The van der Waals surface area contributed by atoms with Crippen LogP contribution in [0.25, 0.3) is 0 Å². The first kappa shape index (κ1) is 9.68. The highest BCUT2D eigenvalue weighted by Gasteiger charge is 2.14. The predicted octanol–water partition coefficient (Wildman–Crippen LogP) is 1.07. The number of H-pyrrole nitrogens is 1. The van der Waals surface area contributed by atoms with E-state index in [0.29, 0.717) is 6.10 Å². The molecule has 2 heterocycles. The van der Waals surface area contributed by atoms with E-state index in [0.717, 1.165) is 31.9 Å². The molecule has 4 nitrogen and oxygen atoms in total. The summed E-state index contributed by atoms with van der Waals surface area (Å²) in [6.07, 6.45) is 7.67. The fourth-order valence-electron chi connectivity index (χ4n) is 1.74. The van der Waals surface area contributed by atoms with Gasteiger partial charge in [0.25, 0.3) is 0 Å². The molecule has 1 atom stereocenters. The highest BCUT2D eigenvalue weighted by Crippen LogP contribution is 2.14. The van der Waals surface area contributed by atoms with E-state index in [2.05, 4.69) is 15.3 Å². The summed E-state index contributed by atoms with van der Waals surface area (Å²) in [5, 5.41) is 3.34. The van der Waals surface area contributed by atoms with Gasteiger partial charge < -0.3 is 15.0 Å². The van der Waals surface area contributed by atoms with Crippen LogP contribution in [0.5, 0.6) is 0 Å². The van der Waals surface area contributed by atoms with E-state index in [1.54, 1.807) is 6.20 Å². The molecule has 1 aliphatic rings. The molecule has 14 heavy (non-hydrogen) atoms. The van der Waals surface area contributed by atoms with Crippen LogP contribution in [-0.4, -0.2) is 29.2 Å². The molecule has 2 N–H and O–H groups in total. The smallest absolute Gasteiger partial charge is 0.120 e. The summed E-state index contributed by atoms with van der Waals surface area (Å²) in [4.78, 5) is 7.20. The van der Waals surface area contributed by atoms with Gasteiger partial charge in [0.05, 0.1) is 12.6 Å². The molecule has 0 amide bonds. The number of hydrogen-bond acceptors (Lipinski definition) is 3. The minimum absolute atomic E-state index is 0.485. The van der Waals surface area contributed by atoms with Crippen molar-refractivity contribution in [1.82, 2.24) is 15.3 Å². The van der Waals surface area contributed by atoms with Gasteiger partial charge in [0.2, 0.25) is 0 Å². The van der Waals surface area contributed by atoms with Gasteiger partial charge in [-0.25, -0.2) is 4.98 Å². The Labute approximate surface area is 84.1 Å². The van der Waals surface area contributed by atoms with Gasteiger partial charge in [0.1, 0.15) is 5.82 Å². The lowest BCUT2D eigenvalue weighted by molar-refractivity contribution is 0.104. The topological polar surface area (TPSA) is 49.9 Å². The Bertz CT molecular complexity index is 242. The largest absolute Gasteiger partial charge is 0.378 e. The van der Waals surface area contributed by atoms with Crippen molar-refractivity contribution in [1.29, 1.82) is 0 Å². The number of imidazole rings is 1. The van der Waals surface area contributed by atoms with Crippen molar-refractivity contribution < 1.29 is 4.74 Å². The lowest BCUT2D eigenvalue weighted by Gasteiger charge is -2.08. The maximum atomic E-state index is 5.53. The summed E-state index contributed by atoms with van der Waals surface area (Å²) in [6.45, 7) is 2.77. The lowest BCUT2D eigenvalue weighted by atomic mass is 10.2. The standard InChI is InChI=1S/C10H17N3O/c1-2-9(14-7-1)3-4-11-8-10-12-5-6-13-10/h5-6,9,11H,1-4,7-8H2,(H,12,13). The number of hydrogen-bond donors (Lipinski definition) is 2. The third-order valence-electron chi connectivity index (χ3n) is 2.51. The molecular formula is C10H17N3O. The van der Waals surface area contributed by atoms with Crippen LogP contribution in [0.15, 0.2) is 12.4 Å². The van der Waals surface area contributed by atoms with E-state index >= 15 is 0 Å². The van der Waals surface area contributed by atoms with Gasteiger partial charge in [0, 0.05) is 19.0 Å². The fraction of sp³-hybridized carbons (Fsp3) is 0.700. The third-order valence-corrected chi connectivity index (χ3v) is 2.51. The molecule has 1 aliphatic heterocycles. The van der Waals surface area contributed by atoms with Crippen LogP contribution in [0, 0.1) is 0 Å². The second kappa shape index (κ2) is 5.12. The molecule has 1 aromatic heterocycles. The van der Waals surface area contributed by atoms with Crippen LogP contribution < -0.4 is 5.32 Å². The van der Waals surface area contributed by atoms with Gasteiger partial charge in [-0.15, -0.1) is 0 Å². The first-order valence-corrected chi connectivity index (χ1v) is 5.26. The van der Waals surface area contributed by atoms with Crippen LogP contribution in [0.4, 0.5) is 0 Å². The maximum absolute atomic E-state index is 5.53. The number of aromatic nitrogens is 2. The molecule has 1 unspecified atom stereocenters. The van der Waals surface area contributed by atoms with Crippen molar-refractivity contribution in [3.05, 3.63) is 18.2 Å². The Morgan fingerprint density at radius 1 is 1.64 bits per heavy atom. The van der Waals surface area contributed by atoms with Crippen molar-refractivity contribution in [2.24, 2.45) is 0 Å². The van der Waals surface area contributed by atoms with Crippen molar-refractivity contribution in [2.75, 3.05) is 13.2 Å². The van der Waals surface area contributed by atoms with Gasteiger partial charge in [-0.05, 0) is 25.8 Å². The zero-order valence-electron chi connectivity index (χ0n) is 8.33. The van der Waals surface area contributed by atoms with E-state index < -0.39 is 0 Å². The first-order chi connectivity index (χ1) is 6.95. The summed E-state index contributed by atoms with van der Waals surface area (Å²) in [7, 11) is 0. The molecule has 2 rings (SSSR count). The SMILES string of the molecule is c1c[nH]c(CNCCC2CCCO2)n1. The van der Waals surface area contributed by atoms with E-state index in [9.17, 15) is 0 Å². The Kier molecular flexibility index (Phi) is 3.54. The molecule has 0 saturated carbocycles. The maximum Gasteiger partial charge on any atom is 0.120 e. The summed E-state index contributed by atoms with van der Waals surface area (Å²) in [5.74, 6) is 0.998. The molecule has 1 saturated heterocycles. The molecule has 1 aromatic rings. The molecule has 0 aromatic carbocycles. The van der Waals surface area contributed by atoms with E-state index in [4.69, 9.17) is 4.74 Å². The van der Waals surface area contributed by atoms with Crippen molar-refractivity contribution in [3.63, 3.8) is 0 Å². The van der Waals surface area contributed by atoms with E-state index in [1.165, 1.54) is 12.8 Å². The normalized spacial score (nSPS) is 21.6. The minimum atomic E-state index is 0.485. The Balaban J connectivity index is 1.55. The molecule has 78 valence electrons. The van der Waals surface area contributed by atoms with Crippen molar-refractivity contribution in [2.45, 2.75) is 31.9 Å². The zero-order chi connectivity index (χ0) is 9.64. The highest BCUT2D eigenvalue weighted by atomic mass is 16.5. The van der Waals surface area contributed by atoms with Crippen LogP contribution in [0.3, 0.4) is 0 Å². The Hall–Kier alpha value is -0.870. The van der Waals surface area contributed by atoms with Gasteiger partial charge in [-0.3, -0.25) is 0 Å². The summed E-state index contributed by atoms with van der Waals surface area (Å²) >= 11 is 0. The third kappa shape index (κ3) is 2.82. The number of nitrogens with zero attached hydrogens (tertiary/aromatic N) is 1. The fourth-order valence-corrected chi connectivity index (χ4v) is 1.74. The first-order valence-electron chi connectivity index (χ1n) is 5.26. The second-order valence-corrected chi connectivity index (χ2v) is 3.64. The van der Waals surface area contributed by atoms with Crippen LogP contribution in [0.1, 0.15) is 25.1 Å². The van der Waals surface area contributed by atoms with E-state index in [-0.39, 0.29) is 0 Å². The molecule has 0 bridgehead atoms. The average Bonchev–Trinajstić information content (AvgIpc) is 2.86. The van der Waals surface area contributed by atoms with Crippen molar-refractivity contribution in [3.8, 4) is 0 Å². The second-order valence-electron chi connectivity index (χ2n) is 3.64. The van der Waals surface area contributed by atoms with Gasteiger partial charge in [-0.2, -0.15) is 0 Å². The molecule has 1 fully saturated rings. The van der Waals surface area contributed by atoms with Gasteiger partial charge >= 0.3 is 0 Å². The van der Waals surface area contributed by atoms with Crippen molar-refractivity contribution >= 4 is 0 Å². The van der Waals surface area contributed by atoms with Gasteiger partial charge in [-0.1, -0.05) is 0 Å². The number of rotatable bonds is 5. The van der Waals surface area contributed by atoms with Gasteiger partial charge in [0.15, 0.2) is 0 Å². The lowest BCUT2D eigenvalue weighted by Crippen LogP contribution is -2.20. The Morgan fingerprint density at radius 2 is 2.64 bits per heavy atom. The summed E-state index contributed by atoms with van der Waals surface area (Å²) in [6, 6.07) is 0. The quantitative estimate of drug-likeness (QED) is 0.691. The molecule has 0 aliphatic carbocycles. The molecule has 0 spiro atoms. The molecule has 4 heteroatoms. The number of aromatic amines is 1.